The van der Waals surface area contributed by atoms with Crippen LogP contribution in [0.15, 0.2) is 53.4 Å². The van der Waals surface area contributed by atoms with Crippen molar-refractivity contribution in [2.75, 3.05) is 44.5 Å². The third-order valence-corrected chi connectivity index (χ3v) is 11.0. The summed E-state index contributed by atoms with van der Waals surface area (Å²) in [5.74, 6) is -3.49. The monoisotopic (exact) mass is 622 g/mol. The molecule has 2 aliphatic rings. The molecular formula is C28H38N4O8S2. The maximum absolute atomic E-state index is 14.0. The standard InChI is InChI=1S/C28H38N4O8S2/c1-20(16-22-6-4-3-5-7-22)27(29)32(42(37,38)23-8-9-24-25(17-23)40-19-39-24)28(34)21(2)18-41(35,36)15-10-26(33)31-13-11-30-12-14-31/h3-9,17,20-21,27,30H,10-16,18-19,29H2,1-2H3/t20-,21?,27-/m0/s1. The number of carbonyl (C=O) groups is 2. The summed E-state index contributed by atoms with van der Waals surface area (Å²) in [5, 5.41) is 3.13. The third kappa shape index (κ3) is 7.60. The fourth-order valence-electron chi connectivity index (χ4n) is 4.98. The highest BCUT2D eigenvalue weighted by Crippen LogP contribution is 2.35. The van der Waals surface area contributed by atoms with Crippen molar-refractivity contribution in [3.05, 3.63) is 54.1 Å². The van der Waals surface area contributed by atoms with E-state index in [4.69, 9.17) is 15.2 Å². The topological polar surface area (TPSA) is 165 Å². The Morgan fingerprint density at radius 3 is 2.36 bits per heavy atom. The number of amides is 2. The number of sulfone groups is 1. The van der Waals surface area contributed by atoms with E-state index in [9.17, 15) is 26.4 Å². The van der Waals surface area contributed by atoms with E-state index in [1.165, 1.54) is 25.1 Å². The molecule has 42 heavy (non-hydrogen) atoms. The lowest BCUT2D eigenvalue weighted by Crippen LogP contribution is -2.55. The molecule has 0 aliphatic carbocycles. The first-order valence-electron chi connectivity index (χ1n) is 13.9. The predicted molar refractivity (Wildman–Crippen MR) is 156 cm³/mol. The van der Waals surface area contributed by atoms with E-state index >= 15 is 0 Å². The van der Waals surface area contributed by atoms with E-state index in [-0.39, 0.29) is 29.8 Å². The molecule has 2 aliphatic heterocycles. The maximum atomic E-state index is 14.0. The third-order valence-electron chi connectivity index (χ3n) is 7.39. The molecule has 0 spiro atoms. The normalized spacial score (nSPS) is 17.4. The van der Waals surface area contributed by atoms with Gasteiger partial charge in [0.1, 0.15) is 0 Å². The highest BCUT2D eigenvalue weighted by Gasteiger charge is 2.40. The number of benzene rings is 2. The first kappa shape index (κ1) is 31.7. The summed E-state index contributed by atoms with van der Waals surface area (Å²) in [6.07, 6.45) is -1.13. The number of sulfonamides is 1. The molecule has 1 saturated heterocycles. The van der Waals surface area contributed by atoms with Crippen molar-refractivity contribution in [2.45, 2.75) is 37.8 Å². The van der Waals surface area contributed by atoms with Crippen LogP contribution in [0.3, 0.4) is 0 Å². The van der Waals surface area contributed by atoms with Gasteiger partial charge in [0.05, 0.1) is 28.5 Å². The van der Waals surface area contributed by atoms with Crippen LogP contribution in [0.5, 0.6) is 11.5 Å². The first-order chi connectivity index (χ1) is 19.9. The van der Waals surface area contributed by atoms with Crippen molar-refractivity contribution in [3.63, 3.8) is 0 Å². The van der Waals surface area contributed by atoms with Crippen LogP contribution in [0.25, 0.3) is 0 Å². The van der Waals surface area contributed by atoms with Crippen LogP contribution in [0.2, 0.25) is 0 Å². The molecule has 0 radical (unpaired) electrons. The molecule has 4 rings (SSSR count). The van der Waals surface area contributed by atoms with Crippen LogP contribution in [-0.4, -0.2) is 88.5 Å². The number of carbonyl (C=O) groups excluding carboxylic acids is 2. The van der Waals surface area contributed by atoms with Gasteiger partial charge in [-0.3, -0.25) is 9.59 Å². The van der Waals surface area contributed by atoms with Gasteiger partial charge in [-0.25, -0.2) is 21.1 Å². The van der Waals surface area contributed by atoms with E-state index in [0.29, 0.717) is 42.7 Å². The molecule has 2 aromatic rings. The lowest BCUT2D eigenvalue weighted by atomic mass is 9.98. The van der Waals surface area contributed by atoms with Crippen molar-refractivity contribution in [1.82, 2.24) is 14.5 Å². The number of piperazine rings is 1. The molecule has 0 aromatic heterocycles. The lowest BCUT2D eigenvalue weighted by Gasteiger charge is -2.34. The summed E-state index contributed by atoms with van der Waals surface area (Å²) >= 11 is 0. The minimum absolute atomic E-state index is 0.0683. The smallest absolute Gasteiger partial charge is 0.268 e. The highest BCUT2D eigenvalue weighted by atomic mass is 32.2. The van der Waals surface area contributed by atoms with Gasteiger partial charge in [0.25, 0.3) is 10.0 Å². The Kier molecular flexibility index (Phi) is 10.1. The second kappa shape index (κ2) is 13.4. The van der Waals surface area contributed by atoms with Crippen LogP contribution in [0, 0.1) is 11.8 Å². The van der Waals surface area contributed by atoms with Crippen LogP contribution >= 0.6 is 0 Å². The van der Waals surface area contributed by atoms with Gasteiger partial charge in [-0.1, -0.05) is 44.2 Å². The summed E-state index contributed by atoms with van der Waals surface area (Å²) in [6, 6.07) is 13.3. The molecule has 0 bridgehead atoms. The fourth-order valence-corrected chi connectivity index (χ4v) is 8.21. The Labute approximate surface area is 247 Å². The van der Waals surface area contributed by atoms with Gasteiger partial charge < -0.3 is 25.4 Å². The molecule has 2 heterocycles. The van der Waals surface area contributed by atoms with E-state index in [1.807, 2.05) is 30.3 Å². The van der Waals surface area contributed by atoms with Crippen molar-refractivity contribution in [2.24, 2.45) is 17.6 Å². The number of hydrogen-bond donors (Lipinski definition) is 2. The number of fused-ring (bicyclic) bond motifs is 1. The average molecular weight is 623 g/mol. The Bertz CT molecular complexity index is 1480. The predicted octanol–water partition coefficient (Wildman–Crippen LogP) is 0.969. The van der Waals surface area contributed by atoms with E-state index < -0.39 is 55.3 Å². The molecule has 0 saturated carbocycles. The summed E-state index contributed by atoms with van der Waals surface area (Å²) < 4.78 is 65.1. The van der Waals surface area contributed by atoms with Gasteiger partial charge in [-0.05, 0) is 30.0 Å². The van der Waals surface area contributed by atoms with Crippen LogP contribution in [0.1, 0.15) is 25.8 Å². The van der Waals surface area contributed by atoms with Gasteiger partial charge in [0.2, 0.25) is 18.6 Å². The molecule has 2 aromatic carbocycles. The summed E-state index contributed by atoms with van der Waals surface area (Å²) in [5.41, 5.74) is 7.40. The SMILES string of the molecule is CC(CS(=O)(=O)CCC(=O)N1CCNCC1)C(=O)N([C@H](N)[C@@H](C)Cc1ccccc1)S(=O)(=O)c1ccc2c(c1)OCO2. The number of rotatable bonds is 12. The fraction of sp³-hybridized carbons (Fsp3) is 0.500. The molecular weight excluding hydrogens is 584 g/mol. The number of hydrogen-bond acceptors (Lipinski definition) is 10. The summed E-state index contributed by atoms with van der Waals surface area (Å²) in [6.45, 7) is 5.30. The van der Waals surface area contributed by atoms with Crippen molar-refractivity contribution < 1.29 is 35.9 Å². The molecule has 12 nitrogen and oxygen atoms in total. The highest BCUT2D eigenvalue weighted by molar-refractivity contribution is 7.91. The molecule has 2 amide bonds. The Morgan fingerprint density at radius 1 is 1.00 bits per heavy atom. The first-order valence-corrected chi connectivity index (χ1v) is 17.1. The molecule has 14 heteroatoms. The minimum atomic E-state index is -4.54. The van der Waals surface area contributed by atoms with Crippen LogP contribution in [-0.2, 0) is 35.9 Å². The molecule has 3 atom stereocenters. The second-order valence-corrected chi connectivity index (χ2v) is 14.8. The average Bonchev–Trinajstić information content (AvgIpc) is 3.45. The van der Waals surface area contributed by atoms with Crippen LogP contribution in [0.4, 0.5) is 0 Å². The molecule has 230 valence electrons. The molecule has 1 unspecified atom stereocenters. The second-order valence-electron chi connectivity index (χ2n) is 10.7. The maximum Gasteiger partial charge on any atom is 0.268 e. The minimum Gasteiger partial charge on any atom is -0.454 e. The zero-order chi connectivity index (χ0) is 30.5. The van der Waals surface area contributed by atoms with Gasteiger partial charge in [0, 0.05) is 38.7 Å². The van der Waals surface area contributed by atoms with Gasteiger partial charge in [-0.15, -0.1) is 0 Å². The molecule has 3 N–H and O–H groups in total. The summed E-state index contributed by atoms with van der Waals surface area (Å²) in [4.78, 5) is 27.7. The zero-order valence-corrected chi connectivity index (χ0v) is 25.4. The van der Waals surface area contributed by atoms with Crippen molar-refractivity contribution in [1.29, 1.82) is 0 Å². The van der Waals surface area contributed by atoms with E-state index in [2.05, 4.69) is 5.32 Å². The van der Waals surface area contributed by atoms with Crippen LogP contribution < -0.4 is 20.5 Å². The number of nitrogens with zero attached hydrogens (tertiary/aromatic N) is 2. The quantitative estimate of drug-likeness (QED) is 0.326. The number of nitrogens with two attached hydrogens (primary N) is 1. The van der Waals surface area contributed by atoms with Gasteiger partial charge in [-0.2, -0.15) is 0 Å². The van der Waals surface area contributed by atoms with Gasteiger partial charge in [0.15, 0.2) is 21.3 Å². The van der Waals surface area contributed by atoms with Crippen molar-refractivity contribution in [3.8, 4) is 11.5 Å². The summed E-state index contributed by atoms with van der Waals surface area (Å²) in [7, 11) is -8.43. The van der Waals surface area contributed by atoms with Crippen molar-refractivity contribution >= 4 is 31.7 Å². The van der Waals surface area contributed by atoms with E-state index in [0.717, 1.165) is 5.56 Å². The largest absolute Gasteiger partial charge is 0.454 e. The molecule has 1 fully saturated rings. The van der Waals surface area contributed by atoms with Gasteiger partial charge >= 0.3 is 0 Å². The Balaban J connectivity index is 1.55. The Morgan fingerprint density at radius 2 is 1.67 bits per heavy atom. The van der Waals surface area contributed by atoms with E-state index in [1.54, 1.807) is 11.8 Å². The number of nitrogens with one attached hydrogen (secondary N) is 1. The Hall–Kier alpha value is -3.20. The number of ether oxygens (including phenoxy) is 2. The zero-order valence-electron chi connectivity index (χ0n) is 23.8. The lowest BCUT2D eigenvalue weighted by molar-refractivity contribution is -0.132.